The molecule has 3 atom stereocenters. The summed E-state index contributed by atoms with van der Waals surface area (Å²) in [7, 11) is 0. The Hall–Kier alpha value is -0.860. The van der Waals surface area contributed by atoms with E-state index in [0.29, 0.717) is 17.8 Å². The molecule has 0 saturated heterocycles. The summed E-state index contributed by atoms with van der Waals surface area (Å²) in [4.78, 5) is 21.2. The Bertz CT molecular complexity index is 235. The van der Waals surface area contributed by atoms with Gasteiger partial charge in [-0.1, -0.05) is 27.2 Å². The summed E-state index contributed by atoms with van der Waals surface area (Å²) in [6.45, 7) is 6.45. The number of hydrogen-bond acceptors (Lipinski definition) is 3. The van der Waals surface area contributed by atoms with E-state index >= 15 is 0 Å². The zero-order valence-electron chi connectivity index (χ0n) is 9.73. The van der Waals surface area contributed by atoms with Gasteiger partial charge in [0, 0.05) is 0 Å². The van der Waals surface area contributed by atoms with E-state index in [1.54, 1.807) is 0 Å². The topological polar surface area (TPSA) is 43.4 Å². The summed E-state index contributed by atoms with van der Waals surface area (Å²) in [6.07, 6.45) is 3.37. The van der Waals surface area contributed by atoms with Gasteiger partial charge in [0.25, 0.3) is 0 Å². The minimum atomic E-state index is -0.722. The van der Waals surface area contributed by atoms with Gasteiger partial charge in [-0.2, -0.15) is 0 Å². The molecule has 0 aliphatic heterocycles. The van der Waals surface area contributed by atoms with Crippen molar-refractivity contribution in [2.45, 2.75) is 46.1 Å². The van der Waals surface area contributed by atoms with Gasteiger partial charge in [-0.3, -0.25) is 4.79 Å². The minimum Gasteiger partial charge on any atom is -0.457 e. The molecule has 0 aromatic rings. The van der Waals surface area contributed by atoms with E-state index < -0.39 is 5.97 Å². The molecule has 1 saturated carbocycles. The molecule has 1 aliphatic rings. The van der Waals surface area contributed by atoms with Crippen molar-refractivity contribution < 1.29 is 14.3 Å². The van der Waals surface area contributed by atoms with Crippen LogP contribution in [0.2, 0.25) is 0 Å². The predicted octanol–water partition coefficient (Wildman–Crippen LogP) is 2.19. The highest BCUT2D eigenvalue weighted by atomic mass is 16.5. The van der Waals surface area contributed by atoms with Gasteiger partial charge in [0.05, 0.1) is 0 Å². The van der Waals surface area contributed by atoms with Crippen molar-refractivity contribution in [1.82, 2.24) is 0 Å². The molecule has 0 aromatic carbocycles. The molecule has 0 bridgehead atoms. The number of esters is 1. The number of aldehydes is 1. The molecule has 86 valence electrons. The van der Waals surface area contributed by atoms with Crippen LogP contribution >= 0.6 is 0 Å². The zero-order valence-corrected chi connectivity index (χ0v) is 9.73. The highest BCUT2D eigenvalue weighted by Crippen LogP contribution is 2.35. The van der Waals surface area contributed by atoms with Crippen molar-refractivity contribution in [3.63, 3.8) is 0 Å². The lowest BCUT2D eigenvalue weighted by molar-refractivity contribution is -0.158. The molecule has 1 fully saturated rings. The summed E-state index contributed by atoms with van der Waals surface area (Å²) >= 11 is 0. The molecule has 0 N–H and O–H groups in total. The molecule has 1 rings (SSSR count). The van der Waals surface area contributed by atoms with Crippen molar-refractivity contribution in [2.75, 3.05) is 0 Å². The molecule has 3 nitrogen and oxygen atoms in total. The molecular formula is C12H20O3. The first-order valence-corrected chi connectivity index (χ1v) is 5.70. The molecule has 0 amide bonds. The normalized spacial score (nSPS) is 31.3. The maximum Gasteiger partial charge on any atom is 0.371 e. The fourth-order valence-corrected chi connectivity index (χ4v) is 2.43. The monoisotopic (exact) mass is 212 g/mol. The summed E-state index contributed by atoms with van der Waals surface area (Å²) in [5.74, 6) is 0.774. The van der Waals surface area contributed by atoms with E-state index in [9.17, 15) is 9.59 Å². The number of carbonyl (C=O) groups is 2. The number of hydrogen-bond donors (Lipinski definition) is 0. The standard InChI is InChI=1S/C12H20O3/c1-8(2)10-5-4-9(3)6-11(10)15-12(14)7-13/h7-11H,4-6H2,1-3H3/t9-,10-,11+/m1/s1. The first-order valence-electron chi connectivity index (χ1n) is 5.70. The van der Waals surface area contributed by atoms with Gasteiger partial charge < -0.3 is 4.74 Å². The van der Waals surface area contributed by atoms with Crippen LogP contribution in [0.4, 0.5) is 0 Å². The Labute approximate surface area is 91.2 Å². The third kappa shape index (κ3) is 3.33. The van der Waals surface area contributed by atoms with E-state index in [1.165, 1.54) is 6.42 Å². The zero-order chi connectivity index (χ0) is 11.4. The van der Waals surface area contributed by atoms with Gasteiger partial charge in [0.2, 0.25) is 6.29 Å². The van der Waals surface area contributed by atoms with Crippen molar-refractivity contribution >= 4 is 12.3 Å². The van der Waals surface area contributed by atoms with Crippen LogP contribution in [0.1, 0.15) is 40.0 Å². The van der Waals surface area contributed by atoms with E-state index in [1.807, 2.05) is 0 Å². The predicted molar refractivity (Wildman–Crippen MR) is 57.3 cm³/mol. The average molecular weight is 212 g/mol. The van der Waals surface area contributed by atoms with Crippen LogP contribution in [0, 0.1) is 17.8 Å². The fourth-order valence-electron chi connectivity index (χ4n) is 2.43. The molecular weight excluding hydrogens is 192 g/mol. The average Bonchev–Trinajstić information content (AvgIpc) is 2.17. The highest BCUT2D eigenvalue weighted by molar-refractivity contribution is 6.20. The lowest BCUT2D eigenvalue weighted by atomic mass is 9.75. The molecule has 0 unspecified atom stereocenters. The van der Waals surface area contributed by atoms with Crippen molar-refractivity contribution in [2.24, 2.45) is 17.8 Å². The summed E-state index contributed by atoms with van der Waals surface area (Å²) in [6, 6.07) is 0. The minimum absolute atomic E-state index is 0.0635. The first-order chi connectivity index (χ1) is 7.04. The van der Waals surface area contributed by atoms with E-state index in [4.69, 9.17) is 4.74 Å². The maximum atomic E-state index is 11.0. The molecule has 0 radical (unpaired) electrons. The largest absolute Gasteiger partial charge is 0.457 e. The molecule has 1 aliphatic carbocycles. The van der Waals surface area contributed by atoms with Crippen LogP contribution in [0.3, 0.4) is 0 Å². The smallest absolute Gasteiger partial charge is 0.371 e. The Balaban J connectivity index is 2.61. The highest BCUT2D eigenvalue weighted by Gasteiger charge is 2.33. The van der Waals surface area contributed by atoms with E-state index in [-0.39, 0.29) is 12.4 Å². The third-order valence-electron chi connectivity index (χ3n) is 3.33. The fraction of sp³-hybridized carbons (Fsp3) is 0.833. The van der Waals surface area contributed by atoms with Gasteiger partial charge in [-0.25, -0.2) is 4.79 Å². The molecule has 3 heteroatoms. The van der Waals surface area contributed by atoms with Gasteiger partial charge in [-0.05, 0) is 30.6 Å². The Morgan fingerprint density at radius 3 is 2.60 bits per heavy atom. The van der Waals surface area contributed by atoms with Crippen LogP contribution in [0.25, 0.3) is 0 Å². The quantitative estimate of drug-likeness (QED) is 0.409. The first kappa shape index (κ1) is 12.2. The number of ether oxygens (including phenoxy) is 1. The lowest BCUT2D eigenvalue weighted by Gasteiger charge is -2.36. The number of rotatable bonds is 3. The summed E-state index contributed by atoms with van der Waals surface area (Å²) in [5, 5.41) is 0. The van der Waals surface area contributed by atoms with E-state index in [2.05, 4.69) is 20.8 Å². The number of carbonyl (C=O) groups excluding carboxylic acids is 2. The van der Waals surface area contributed by atoms with Gasteiger partial charge in [-0.15, -0.1) is 0 Å². The van der Waals surface area contributed by atoms with Crippen LogP contribution in [0.15, 0.2) is 0 Å². The Kier molecular flexibility index (Phi) is 4.30. The maximum absolute atomic E-state index is 11.0. The van der Waals surface area contributed by atoms with Crippen molar-refractivity contribution in [3.8, 4) is 0 Å². The Morgan fingerprint density at radius 2 is 2.07 bits per heavy atom. The molecule has 0 heterocycles. The van der Waals surface area contributed by atoms with Crippen LogP contribution in [-0.2, 0) is 14.3 Å². The lowest BCUT2D eigenvalue weighted by Crippen LogP contribution is -2.36. The van der Waals surface area contributed by atoms with Crippen LogP contribution < -0.4 is 0 Å². The molecule has 0 spiro atoms. The van der Waals surface area contributed by atoms with Crippen LogP contribution in [0.5, 0.6) is 0 Å². The van der Waals surface area contributed by atoms with E-state index in [0.717, 1.165) is 12.8 Å². The van der Waals surface area contributed by atoms with Crippen molar-refractivity contribution in [3.05, 3.63) is 0 Å². The van der Waals surface area contributed by atoms with Gasteiger partial charge in [0.15, 0.2) is 0 Å². The van der Waals surface area contributed by atoms with Crippen LogP contribution in [-0.4, -0.2) is 18.4 Å². The second-order valence-corrected chi connectivity index (χ2v) is 4.92. The second kappa shape index (κ2) is 5.29. The molecule has 15 heavy (non-hydrogen) atoms. The van der Waals surface area contributed by atoms with Gasteiger partial charge >= 0.3 is 5.97 Å². The third-order valence-corrected chi connectivity index (χ3v) is 3.33. The molecule has 0 aromatic heterocycles. The Morgan fingerprint density at radius 1 is 1.40 bits per heavy atom. The second-order valence-electron chi connectivity index (χ2n) is 4.92. The SMILES string of the molecule is CC(C)[C@H]1CC[C@@H](C)C[C@@H]1OC(=O)C=O. The summed E-state index contributed by atoms with van der Waals surface area (Å²) in [5.41, 5.74) is 0. The van der Waals surface area contributed by atoms with Gasteiger partial charge in [0.1, 0.15) is 6.10 Å². The summed E-state index contributed by atoms with van der Waals surface area (Å²) < 4.78 is 5.18. The van der Waals surface area contributed by atoms with Crippen molar-refractivity contribution in [1.29, 1.82) is 0 Å².